The third kappa shape index (κ3) is 4.33. The molecule has 24 heavy (non-hydrogen) atoms. The van der Waals surface area contributed by atoms with Crippen molar-refractivity contribution in [3.05, 3.63) is 89.2 Å². The molecule has 0 aliphatic rings. The normalized spacial score (nSPS) is 10.9. The second kappa shape index (κ2) is 7.62. The predicted octanol–water partition coefficient (Wildman–Crippen LogP) is 3.86. The van der Waals surface area contributed by atoms with Crippen molar-refractivity contribution in [2.75, 3.05) is 0 Å². The molecule has 0 aliphatic heterocycles. The molecule has 0 unspecified atom stereocenters. The second-order valence-corrected chi connectivity index (χ2v) is 5.67. The minimum absolute atomic E-state index is 0.155. The van der Waals surface area contributed by atoms with Crippen LogP contribution in [0.25, 0.3) is 11.8 Å². The molecular weight excluding hydrogens is 322 g/mol. The molecule has 0 bridgehead atoms. The third-order valence-corrected chi connectivity index (χ3v) is 3.68. The van der Waals surface area contributed by atoms with Gasteiger partial charge in [-0.25, -0.2) is 4.68 Å². The molecule has 2 aromatic carbocycles. The lowest BCUT2D eigenvalue weighted by atomic mass is 10.2. The molecule has 0 aliphatic carbocycles. The molecule has 1 amide bonds. The topological polar surface area (TPSA) is 46.9 Å². The number of hydrogen-bond acceptors (Lipinski definition) is 2. The smallest absolute Gasteiger partial charge is 0.244 e. The number of nitrogens with zero attached hydrogens (tertiary/aromatic N) is 2. The highest BCUT2D eigenvalue weighted by atomic mass is 35.5. The molecule has 0 radical (unpaired) electrons. The Hall–Kier alpha value is -2.85. The number of amides is 1. The Morgan fingerprint density at radius 3 is 2.62 bits per heavy atom. The molecule has 0 spiro atoms. The summed E-state index contributed by atoms with van der Waals surface area (Å²) in [7, 11) is 0. The summed E-state index contributed by atoms with van der Waals surface area (Å²) in [6, 6.07) is 17.2. The summed E-state index contributed by atoms with van der Waals surface area (Å²) in [5.41, 5.74) is 2.84. The van der Waals surface area contributed by atoms with Crippen LogP contribution in [-0.4, -0.2) is 15.7 Å². The summed E-state index contributed by atoms with van der Waals surface area (Å²) in [6.07, 6.45) is 6.83. The minimum Gasteiger partial charge on any atom is -0.348 e. The minimum atomic E-state index is -0.155. The van der Waals surface area contributed by atoms with Crippen LogP contribution in [0.3, 0.4) is 0 Å². The number of aromatic nitrogens is 2. The van der Waals surface area contributed by atoms with E-state index in [0.29, 0.717) is 11.6 Å². The van der Waals surface area contributed by atoms with Gasteiger partial charge >= 0.3 is 0 Å². The van der Waals surface area contributed by atoms with Crippen molar-refractivity contribution in [2.24, 2.45) is 0 Å². The van der Waals surface area contributed by atoms with Crippen molar-refractivity contribution < 1.29 is 4.79 Å². The molecule has 3 rings (SSSR count). The Kier molecular flexibility index (Phi) is 5.08. The summed E-state index contributed by atoms with van der Waals surface area (Å²) < 4.78 is 1.77. The van der Waals surface area contributed by atoms with E-state index in [1.807, 2.05) is 48.7 Å². The number of benzene rings is 2. The Morgan fingerprint density at radius 1 is 1.12 bits per heavy atom. The maximum Gasteiger partial charge on any atom is 0.244 e. The van der Waals surface area contributed by atoms with Gasteiger partial charge in [-0.15, -0.1) is 0 Å². The van der Waals surface area contributed by atoms with Crippen LogP contribution in [0.1, 0.15) is 11.1 Å². The van der Waals surface area contributed by atoms with E-state index in [1.54, 1.807) is 29.1 Å². The number of hydrogen-bond donors (Lipinski definition) is 1. The van der Waals surface area contributed by atoms with Gasteiger partial charge in [0.2, 0.25) is 5.91 Å². The molecule has 5 heteroatoms. The van der Waals surface area contributed by atoms with Crippen LogP contribution in [0.4, 0.5) is 0 Å². The van der Waals surface area contributed by atoms with E-state index in [-0.39, 0.29) is 5.91 Å². The van der Waals surface area contributed by atoms with Crippen molar-refractivity contribution >= 4 is 23.6 Å². The number of rotatable bonds is 5. The van der Waals surface area contributed by atoms with Crippen molar-refractivity contribution in [2.45, 2.75) is 6.54 Å². The van der Waals surface area contributed by atoms with E-state index in [1.165, 1.54) is 6.08 Å². The van der Waals surface area contributed by atoms with Crippen LogP contribution in [-0.2, 0) is 11.3 Å². The van der Waals surface area contributed by atoms with Crippen molar-refractivity contribution in [3.8, 4) is 5.69 Å². The van der Waals surface area contributed by atoms with Crippen LogP contribution in [0.15, 0.2) is 73.1 Å². The van der Waals surface area contributed by atoms with Gasteiger partial charge < -0.3 is 5.32 Å². The average molecular weight is 338 g/mol. The molecule has 1 heterocycles. The zero-order valence-electron chi connectivity index (χ0n) is 12.9. The highest BCUT2D eigenvalue weighted by Crippen LogP contribution is 2.10. The van der Waals surface area contributed by atoms with Gasteiger partial charge in [0, 0.05) is 29.4 Å². The summed E-state index contributed by atoms with van der Waals surface area (Å²) >= 11 is 5.83. The molecule has 0 fully saturated rings. The molecule has 0 saturated heterocycles. The molecule has 3 aromatic rings. The quantitative estimate of drug-likeness (QED) is 0.719. The van der Waals surface area contributed by atoms with E-state index >= 15 is 0 Å². The Bertz CT molecular complexity index is 839. The lowest BCUT2D eigenvalue weighted by Gasteiger charge is -2.02. The molecule has 0 saturated carbocycles. The van der Waals surface area contributed by atoms with E-state index in [4.69, 9.17) is 11.6 Å². The Morgan fingerprint density at radius 2 is 1.88 bits per heavy atom. The fraction of sp³-hybridized carbons (Fsp3) is 0.0526. The largest absolute Gasteiger partial charge is 0.348 e. The number of halogens is 1. The first-order valence-corrected chi connectivity index (χ1v) is 7.89. The van der Waals surface area contributed by atoms with Crippen LogP contribution < -0.4 is 5.32 Å². The zero-order chi connectivity index (χ0) is 16.8. The fourth-order valence-corrected chi connectivity index (χ4v) is 2.29. The van der Waals surface area contributed by atoms with Crippen LogP contribution in [0.5, 0.6) is 0 Å². The molecule has 4 nitrogen and oxygen atoms in total. The van der Waals surface area contributed by atoms with Gasteiger partial charge in [0.1, 0.15) is 0 Å². The third-order valence-electron chi connectivity index (χ3n) is 3.43. The Balaban J connectivity index is 1.56. The van der Waals surface area contributed by atoms with E-state index in [0.717, 1.165) is 16.8 Å². The highest BCUT2D eigenvalue weighted by molar-refractivity contribution is 6.30. The number of para-hydroxylation sites is 1. The standard InChI is InChI=1S/C19H16ClN3O/c20-17-9-6-15(7-10-17)12-21-19(24)11-8-16-13-22-23(14-16)18-4-2-1-3-5-18/h1-11,13-14H,12H2,(H,21,24)/b11-8+. The van der Waals surface area contributed by atoms with Gasteiger partial charge in [-0.3, -0.25) is 4.79 Å². The van der Waals surface area contributed by atoms with Crippen molar-refractivity contribution in [3.63, 3.8) is 0 Å². The monoisotopic (exact) mass is 337 g/mol. The van der Waals surface area contributed by atoms with Gasteiger partial charge in [0.15, 0.2) is 0 Å². The molecule has 120 valence electrons. The number of carbonyl (C=O) groups excluding carboxylic acids is 1. The first kappa shape index (κ1) is 16.0. The summed E-state index contributed by atoms with van der Waals surface area (Å²) in [5.74, 6) is -0.155. The SMILES string of the molecule is O=C(/C=C/c1cnn(-c2ccccc2)c1)NCc1ccc(Cl)cc1. The van der Waals surface area contributed by atoms with E-state index in [9.17, 15) is 4.79 Å². The van der Waals surface area contributed by atoms with Crippen molar-refractivity contribution in [1.82, 2.24) is 15.1 Å². The predicted molar refractivity (Wildman–Crippen MR) is 95.9 cm³/mol. The van der Waals surface area contributed by atoms with Gasteiger partial charge in [-0.05, 0) is 35.9 Å². The first-order valence-electron chi connectivity index (χ1n) is 7.51. The maximum atomic E-state index is 11.9. The van der Waals surface area contributed by atoms with Gasteiger partial charge in [0.25, 0.3) is 0 Å². The van der Waals surface area contributed by atoms with Crippen LogP contribution in [0.2, 0.25) is 5.02 Å². The second-order valence-electron chi connectivity index (χ2n) is 5.23. The molecule has 0 atom stereocenters. The van der Waals surface area contributed by atoms with Gasteiger partial charge in [-0.2, -0.15) is 5.10 Å². The molecular formula is C19H16ClN3O. The summed E-state index contributed by atoms with van der Waals surface area (Å²) in [5, 5.41) is 7.80. The molecule has 1 N–H and O–H groups in total. The van der Waals surface area contributed by atoms with Gasteiger partial charge in [0.05, 0.1) is 11.9 Å². The Labute approximate surface area is 145 Å². The lowest BCUT2D eigenvalue weighted by molar-refractivity contribution is -0.116. The van der Waals surface area contributed by atoms with E-state index < -0.39 is 0 Å². The number of carbonyl (C=O) groups is 1. The molecule has 1 aromatic heterocycles. The summed E-state index contributed by atoms with van der Waals surface area (Å²) in [6.45, 7) is 0.462. The van der Waals surface area contributed by atoms with Gasteiger partial charge in [-0.1, -0.05) is 41.9 Å². The lowest BCUT2D eigenvalue weighted by Crippen LogP contribution is -2.20. The maximum absolute atomic E-state index is 11.9. The summed E-state index contributed by atoms with van der Waals surface area (Å²) in [4.78, 5) is 11.9. The number of nitrogens with one attached hydrogen (secondary N) is 1. The van der Waals surface area contributed by atoms with Crippen LogP contribution in [0, 0.1) is 0 Å². The zero-order valence-corrected chi connectivity index (χ0v) is 13.6. The van der Waals surface area contributed by atoms with Crippen molar-refractivity contribution in [1.29, 1.82) is 0 Å². The van der Waals surface area contributed by atoms with Crippen LogP contribution >= 0.6 is 11.6 Å². The average Bonchev–Trinajstić information content (AvgIpc) is 3.09. The van der Waals surface area contributed by atoms with E-state index in [2.05, 4.69) is 10.4 Å². The fourth-order valence-electron chi connectivity index (χ4n) is 2.17. The highest BCUT2D eigenvalue weighted by Gasteiger charge is 2.00. The first-order chi connectivity index (χ1) is 11.7.